The largest absolute Gasteiger partial charge is 0.464 e. The number of terminal acetylenes is 1. The summed E-state index contributed by atoms with van der Waals surface area (Å²) < 4.78 is 5.99. The van der Waals surface area contributed by atoms with E-state index < -0.39 is 6.04 Å². The van der Waals surface area contributed by atoms with Gasteiger partial charge in [-0.1, -0.05) is 36.3 Å². The Balaban J connectivity index is 1.55. The van der Waals surface area contributed by atoms with Crippen molar-refractivity contribution in [1.29, 1.82) is 0 Å². The van der Waals surface area contributed by atoms with E-state index >= 15 is 0 Å². The van der Waals surface area contributed by atoms with Crippen LogP contribution in [0.25, 0.3) is 0 Å². The minimum absolute atomic E-state index is 0.0481. The van der Waals surface area contributed by atoms with Crippen LogP contribution in [0.1, 0.15) is 18.4 Å². The predicted molar refractivity (Wildman–Crippen MR) is 150 cm³/mol. The predicted octanol–water partition coefficient (Wildman–Crippen LogP) is 4.13. The van der Waals surface area contributed by atoms with Gasteiger partial charge >= 0.3 is 6.03 Å². The number of benzene rings is 2. The van der Waals surface area contributed by atoms with Crippen molar-refractivity contribution in [3.8, 4) is 18.2 Å². The van der Waals surface area contributed by atoms with Crippen molar-refractivity contribution >= 4 is 50.9 Å². The summed E-state index contributed by atoms with van der Waals surface area (Å²) in [6.07, 6.45) is 9.14. The van der Waals surface area contributed by atoms with Crippen molar-refractivity contribution in [2.45, 2.75) is 25.3 Å². The maximum atomic E-state index is 12.9. The Hall–Kier alpha value is -4.14. The molecule has 1 aliphatic heterocycles. The summed E-state index contributed by atoms with van der Waals surface area (Å²) in [4.78, 5) is 36.0. The van der Waals surface area contributed by atoms with Crippen LogP contribution in [0.4, 0.5) is 27.8 Å². The Labute approximate surface area is 229 Å². The molecule has 196 valence electrons. The highest BCUT2D eigenvalue weighted by Crippen LogP contribution is 2.28. The molecule has 1 atom stereocenters. The minimum Gasteiger partial charge on any atom is -0.464 e. The molecule has 1 fully saturated rings. The number of ether oxygens (including phenoxy) is 1. The summed E-state index contributed by atoms with van der Waals surface area (Å²) in [6.45, 7) is 1.45. The monoisotopic (exact) mass is 577 g/mol. The number of anilines is 4. The van der Waals surface area contributed by atoms with E-state index in [1.807, 2.05) is 30.3 Å². The number of halogens is 1. The average Bonchev–Trinajstić information content (AvgIpc) is 3.45. The molecular formula is C27H28BrN7O3. The molecule has 0 radical (unpaired) electrons. The van der Waals surface area contributed by atoms with Crippen LogP contribution >= 0.6 is 15.9 Å². The first-order valence-electron chi connectivity index (χ1n) is 12.1. The van der Waals surface area contributed by atoms with Crippen molar-refractivity contribution in [3.63, 3.8) is 0 Å². The van der Waals surface area contributed by atoms with E-state index in [2.05, 4.69) is 47.8 Å². The number of aromatic nitrogens is 2. The molecule has 0 bridgehead atoms. The summed E-state index contributed by atoms with van der Waals surface area (Å²) in [5.41, 5.74) is 8.59. The van der Waals surface area contributed by atoms with E-state index in [4.69, 9.17) is 16.9 Å². The molecule has 2 aromatic carbocycles. The molecule has 11 heteroatoms. The Morgan fingerprint density at radius 3 is 2.50 bits per heavy atom. The van der Waals surface area contributed by atoms with E-state index in [1.165, 1.54) is 6.20 Å². The van der Waals surface area contributed by atoms with Crippen LogP contribution in [0, 0.1) is 12.3 Å². The second-order valence-corrected chi connectivity index (χ2v) is 9.53. The molecule has 3 aromatic rings. The fourth-order valence-corrected chi connectivity index (χ4v) is 4.22. The lowest BCUT2D eigenvalue weighted by Gasteiger charge is -2.18. The molecule has 4 rings (SSSR count). The molecule has 5 N–H and O–H groups in total. The number of carbonyl (C=O) groups is 2. The quantitative estimate of drug-likeness (QED) is 0.281. The molecular weight excluding hydrogens is 550 g/mol. The first kappa shape index (κ1) is 26.9. The van der Waals surface area contributed by atoms with Gasteiger partial charge in [-0.2, -0.15) is 4.98 Å². The Morgan fingerprint density at radius 2 is 1.79 bits per heavy atom. The van der Waals surface area contributed by atoms with Crippen LogP contribution in [0.5, 0.6) is 5.88 Å². The van der Waals surface area contributed by atoms with E-state index in [9.17, 15) is 9.59 Å². The molecule has 10 nitrogen and oxygen atoms in total. The van der Waals surface area contributed by atoms with Crippen LogP contribution in [-0.2, 0) is 11.2 Å². The summed E-state index contributed by atoms with van der Waals surface area (Å²) in [7, 11) is 0. The molecule has 1 saturated heterocycles. The van der Waals surface area contributed by atoms with Gasteiger partial charge in [-0.3, -0.25) is 4.79 Å². The lowest BCUT2D eigenvalue weighted by Crippen LogP contribution is -2.37. The number of hydrogen-bond acceptors (Lipinski definition) is 7. The van der Waals surface area contributed by atoms with Gasteiger partial charge in [0.05, 0.1) is 16.7 Å². The Kier molecular flexibility index (Phi) is 9.13. The molecule has 1 aliphatic rings. The van der Waals surface area contributed by atoms with Gasteiger partial charge < -0.3 is 31.3 Å². The molecule has 3 amide bonds. The SMILES string of the molecule is C#CCOc1nc(Nc2cc(NC(=O)C(N)Cc3ccccc3)cc(NC(=O)N3CCCC3)c2)ncc1Br. The highest BCUT2D eigenvalue weighted by atomic mass is 79.9. The van der Waals surface area contributed by atoms with Gasteiger partial charge in [-0.15, -0.1) is 6.42 Å². The second-order valence-electron chi connectivity index (χ2n) is 8.67. The zero-order valence-electron chi connectivity index (χ0n) is 20.6. The van der Waals surface area contributed by atoms with Gasteiger partial charge in [-0.05, 0) is 59.0 Å². The molecule has 0 aliphatic carbocycles. The number of rotatable bonds is 9. The third-order valence-electron chi connectivity index (χ3n) is 5.74. The zero-order chi connectivity index (χ0) is 26.9. The molecule has 2 heterocycles. The number of likely N-dealkylation sites (tertiary alicyclic amines) is 1. The van der Waals surface area contributed by atoms with Gasteiger partial charge in [0.25, 0.3) is 0 Å². The summed E-state index contributed by atoms with van der Waals surface area (Å²) in [5.74, 6) is 2.55. The third-order valence-corrected chi connectivity index (χ3v) is 6.28. The number of amides is 3. The average molecular weight is 578 g/mol. The lowest BCUT2D eigenvalue weighted by molar-refractivity contribution is -0.117. The number of urea groups is 1. The standard InChI is InChI=1S/C27H28BrN7O3/c1-2-12-38-25-22(28)17-30-26(34-25)32-20-14-19(15-21(16-20)33-27(37)35-10-6-7-11-35)31-24(36)23(29)13-18-8-4-3-5-9-18/h1,3-5,8-9,14-17,23H,6-7,10-13,29H2,(H,31,36)(H,33,37)(H,30,32,34). The maximum Gasteiger partial charge on any atom is 0.321 e. The number of nitrogens with one attached hydrogen (secondary N) is 3. The first-order chi connectivity index (χ1) is 18.4. The van der Waals surface area contributed by atoms with E-state index in [0.717, 1.165) is 18.4 Å². The zero-order valence-corrected chi connectivity index (χ0v) is 22.2. The van der Waals surface area contributed by atoms with E-state index in [1.54, 1.807) is 23.1 Å². The number of carbonyl (C=O) groups excluding carboxylic acids is 2. The molecule has 38 heavy (non-hydrogen) atoms. The van der Waals surface area contributed by atoms with Gasteiger partial charge in [0.2, 0.25) is 17.7 Å². The highest BCUT2D eigenvalue weighted by molar-refractivity contribution is 9.10. The third kappa shape index (κ3) is 7.44. The topological polar surface area (TPSA) is 134 Å². The first-order valence-corrected chi connectivity index (χ1v) is 12.9. The van der Waals surface area contributed by atoms with Crippen molar-refractivity contribution in [2.24, 2.45) is 5.73 Å². The van der Waals surface area contributed by atoms with Crippen LogP contribution in [0.2, 0.25) is 0 Å². The maximum absolute atomic E-state index is 12.9. The van der Waals surface area contributed by atoms with Crippen molar-refractivity contribution in [2.75, 3.05) is 35.6 Å². The van der Waals surface area contributed by atoms with Gasteiger partial charge in [0, 0.05) is 30.2 Å². The Morgan fingerprint density at radius 1 is 1.11 bits per heavy atom. The lowest BCUT2D eigenvalue weighted by atomic mass is 10.1. The summed E-state index contributed by atoms with van der Waals surface area (Å²) in [6, 6.07) is 13.7. The van der Waals surface area contributed by atoms with Gasteiger partial charge in [0.15, 0.2) is 6.61 Å². The van der Waals surface area contributed by atoms with Crippen LogP contribution in [0.3, 0.4) is 0 Å². The highest BCUT2D eigenvalue weighted by Gasteiger charge is 2.19. The smallest absolute Gasteiger partial charge is 0.321 e. The number of nitrogens with two attached hydrogens (primary N) is 1. The van der Waals surface area contributed by atoms with Crippen LogP contribution < -0.4 is 26.4 Å². The molecule has 0 saturated carbocycles. The minimum atomic E-state index is -0.762. The van der Waals surface area contributed by atoms with E-state index in [0.29, 0.717) is 41.0 Å². The molecule has 0 spiro atoms. The van der Waals surface area contributed by atoms with E-state index in [-0.39, 0.29) is 30.4 Å². The van der Waals surface area contributed by atoms with Gasteiger partial charge in [-0.25, -0.2) is 9.78 Å². The fraction of sp³-hybridized carbons (Fsp3) is 0.259. The van der Waals surface area contributed by atoms with Crippen LogP contribution in [-0.4, -0.2) is 52.5 Å². The summed E-state index contributed by atoms with van der Waals surface area (Å²) >= 11 is 3.34. The fourth-order valence-electron chi connectivity index (χ4n) is 3.91. The van der Waals surface area contributed by atoms with Crippen molar-refractivity contribution in [3.05, 3.63) is 64.8 Å². The summed E-state index contributed by atoms with van der Waals surface area (Å²) in [5, 5.41) is 8.86. The molecule has 1 unspecified atom stereocenters. The van der Waals surface area contributed by atoms with Crippen LogP contribution in [0.15, 0.2) is 59.2 Å². The Bertz CT molecular complexity index is 1320. The number of hydrogen-bond donors (Lipinski definition) is 4. The van der Waals surface area contributed by atoms with Gasteiger partial charge in [0.1, 0.15) is 0 Å². The molecule has 1 aromatic heterocycles. The normalized spacial score (nSPS) is 13.3. The second kappa shape index (κ2) is 12.9. The van der Waals surface area contributed by atoms with Crippen molar-refractivity contribution in [1.82, 2.24) is 14.9 Å². The van der Waals surface area contributed by atoms with Crippen molar-refractivity contribution < 1.29 is 14.3 Å². The number of nitrogens with zero attached hydrogens (tertiary/aromatic N) is 3.